The van der Waals surface area contributed by atoms with E-state index in [1.165, 1.54) is 35.6 Å². The molecule has 2 aromatic carbocycles. The number of carbonyl (C=O) groups is 1. The number of anilines is 1. The van der Waals surface area contributed by atoms with E-state index in [1.54, 1.807) is 16.4 Å². The number of rotatable bonds is 4. The molecule has 4 rings (SSSR count). The number of halogens is 2. The van der Waals surface area contributed by atoms with E-state index in [-0.39, 0.29) is 16.8 Å². The van der Waals surface area contributed by atoms with Crippen LogP contribution in [-0.4, -0.2) is 36.2 Å². The molecule has 1 aliphatic rings. The van der Waals surface area contributed by atoms with Crippen LogP contribution in [0, 0.1) is 0 Å². The first-order valence-corrected chi connectivity index (χ1v) is 12.5. The quantitative estimate of drug-likeness (QED) is 0.537. The second-order valence-corrected chi connectivity index (χ2v) is 10.9. The molecule has 1 saturated heterocycles. The molecule has 1 unspecified atom stereocenters. The van der Waals surface area contributed by atoms with Crippen LogP contribution in [0.2, 0.25) is 10.0 Å². The molecule has 0 bridgehead atoms. The second-order valence-electron chi connectivity index (χ2n) is 7.17. The van der Waals surface area contributed by atoms with E-state index in [0.29, 0.717) is 32.8 Å². The lowest BCUT2D eigenvalue weighted by atomic mass is 10.1. The van der Waals surface area contributed by atoms with Gasteiger partial charge in [-0.1, -0.05) is 41.0 Å². The van der Waals surface area contributed by atoms with Crippen molar-refractivity contribution in [3.8, 4) is 0 Å². The summed E-state index contributed by atoms with van der Waals surface area (Å²) in [5, 5.41) is 3.85. The number of aromatic nitrogens is 1. The third-order valence-corrected chi connectivity index (χ3v) is 8.90. The van der Waals surface area contributed by atoms with Gasteiger partial charge in [-0.3, -0.25) is 10.1 Å². The van der Waals surface area contributed by atoms with Gasteiger partial charge in [-0.05, 0) is 56.2 Å². The Morgan fingerprint density at radius 1 is 1.17 bits per heavy atom. The average Bonchev–Trinajstić information content (AvgIpc) is 3.14. The Balaban J connectivity index is 1.53. The first kappa shape index (κ1) is 21.5. The number of benzene rings is 2. The molecule has 6 nitrogen and oxygen atoms in total. The summed E-state index contributed by atoms with van der Waals surface area (Å²) >= 11 is 13.5. The van der Waals surface area contributed by atoms with E-state index < -0.39 is 10.0 Å². The minimum Gasteiger partial charge on any atom is -0.298 e. The number of amides is 1. The Labute approximate surface area is 188 Å². The molecule has 2 heterocycles. The fourth-order valence-corrected chi connectivity index (χ4v) is 6.49. The second kappa shape index (κ2) is 8.43. The van der Waals surface area contributed by atoms with Crippen molar-refractivity contribution in [2.45, 2.75) is 37.1 Å². The van der Waals surface area contributed by atoms with E-state index in [4.69, 9.17) is 23.2 Å². The summed E-state index contributed by atoms with van der Waals surface area (Å²) in [6, 6.07) is 9.41. The normalized spacial score (nSPS) is 17.9. The molecule has 1 amide bonds. The van der Waals surface area contributed by atoms with Gasteiger partial charge in [0.15, 0.2) is 5.13 Å². The van der Waals surface area contributed by atoms with Gasteiger partial charge in [-0.2, -0.15) is 4.31 Å². The van der Waals surface area contributed by atoms with Crippen LogP contribution in [0.4, 0.5) is 5.13 Å². The Morgan fingerprint density at radius 2 is 1.90 bits per heavy atom. The highest BCUT2D eigenvalue weighted by atomic mass is 35.5. The number of hydrogen-bond donors (Lipinski definition) is 1. The Hall–Kier alpha value is -1.71. The van der Waals surface area contributed by atoms with Gasteiger partial charge in [0.05, 0.1) is 19.6 Å². The van der Waals surface area contributed by atoms with Crippen molar-refractivity contribution < 1.29 is 13.2 Å². The Morgan fingerprint density at radius 3 is 2.60 bits per heavy atom. The summed E-state index contributed by atoms with van der Waals surface area (Å²) in [4.78, 5) is 17.1. The summed E-state index contributed by atoms with van der Waals surface area (Å²) < 4.78 is 28.2. The lowest BCUT2D eigenvalue weighted by Gasteiger charge is -2.32. The zero-order valence-electron chi connectivity index (χ0n) is 16.1. The number of hydrogen-bond acceptors (Lipinski definition) is 5. The van der Waals surface area contributed by atoms with Crippen LogP contribution >= 0.6 is 34.5 Å². The molecule has 158 valence electrons. The molecule has 10 heteroatoms. The third kappa shape index (κ3) is 4.07. The monoisotopic (exact) mass is 483 g/mol. The van der Waals surface area contributed by atoms with Crippen molar-refractivity contribution in [1.82, 2.24) is 9.29 Å². The molecule has 1 atom stereocenters. The molecule has 1 aliphatic heterocycles. The van der Waals surface area contributed by atoms with Crippen LogP contribution in [-0.2, 0) is 10.0 Å². The number of carbonyl (C=O) groups excluding carboxylic acids is 1. The SMILES string of the molecule is CC1CCCCN1S(=O)(=O)c1ccc(C(=O)Nc2nc3c(Cl)c(Cl)ccc3s2)cc1. The van der Waals surface area contributed by atoms with Gasteiger partial charge in [-0.15, -0.1) is 0 Å². The van der Waals surface area contributed by atoms with Gasteiger partial charge in [0.25, 0.3) is 5.91 Å². The van der Waals surface area contributed by atoms with Crippen LogP contribution in [0.1, 0.15) is 36.5 Å². The first-order chi connectivity index (χ1) is 14.3. The number of piperidine rings is 1. The van der Waals surface area contributed by atoms with E-state index >= 15 is 0 Å². The Kier molecular flexibility index (Phi) is 6.05. The van der Waals surface area contributed by atoms with Crippen molar-refractivity contribution in [1.29, 1.82) is 0 Å². The maximum atomic E-state index is 12.9. The molecular formula is C20H19Cl2N3O3S2. The molecule has 0 radical (unpaired) electrons. The van der Waals surface area contributed by atoms with Gasteiger partial charge >= 0.3 is 0 Å². The van der Waals surface area contributed by atoms with Crippen LogP contribution in [0.15, 0.2) is 41.3 Å². The highest BCUT2D eigenvalue weighted by Gasteiger charge is 2.31. The summed E-state index contributed by atoms with van der Waals surface area (Å²) in [5.74, 6) is -0.383. The molecule has 1 fully saturated rings. The maximum absolute atomic E-state index is 12.9. The lowest BCUT2D eigenvalue weighted by molar-refractivity contribution is 0.102. The van der Waals surface area contributed by atoms with Gasteiger partial charge in [0, 0.05) is 18.2 Å². The predicted molar refractivity (Wildman–Crippen MR) is 121 cm³/mol. The molecule has 1 aromatic heterocycles. The predicted octanol–water partition coefficient (Wildman–Crippen LogP) is 5.42. The van der Waals surface area contributed by atoms with Gasteiger partial charge in [0.2, 0.25) is 10.0 Å². The number of fused-ring (bicyclic) bond motifs is 1. The summed E-state index contributed by atoms with van der Waals surface area (Å²) in [6.07, 6.45) is 2.76. The summed E-state index contributed by atoms with van der Waals surface area (Å²) in [5.41, 5.74) is 0.866. The van der Waals surface area contributed by atoms with Crippen molar-refractivity contribution in [3.05, 3.63) is 52.0 Å². The zero-order valence-corrected chi connectivity index (χ0v) is 19.2. The standard InChI is InChI=1S/C20H19Cl2N3O3S2/c1-12-4-2-3-11-25(12)30(27,28)14-7-5-13(6-8-14)19(26)24-20-23-18-16(29-20)10-9-15(21)17(18)22/h5-10,12H,2-4,11H2,1H3,(H,23,24,26). The van der Waals surface area contributed by atoms with E-state index in [1.807, 2.05) is 6.92 Å². The van der Waals surface area contributed by atoms with Crippen LogP contribution in [0.5, 0.6) is 0 Å². The minimum atomic E-state index is -3.57. The molecular weight excluding hydrogens is 465 g/mol. The van der Waals surface area contributed by atoms with Crippen LogP contribution in [0.3, 0.4) is 0 Å². The third-order valence-electron chi connectivity index (χ3n) is 5.14. The molecule has 30 heavy (non-hydrogen) atoms. The fourth-order valence-electron chi connectivity index (χ4n) is 3.50. The van der Waals surface area contributed by atoms with E-state index in [9.17, 15) is 13.2 Å². The van der Waals surface area contributed by atoms with Crippen molar-refractivity contribution in [3.63, 3.8) is 0 Å². The van der Waals surface area contributed by atoms with Crippen LogP contribution < -0.4 is 5.32 Å². The summed E-state index contributed by atoms with van der Waals surface area (Å²) in [7, 11) is -3.57. The largest absolute Gasteiger partial charge is 0.298 e. The minimum absolute atomic E-state index is 0.0221. The molecule has 0 aliphatic carbocycles. The van der Waals surface area contributed by atoms with Gasteiger partial charge in [0.1, 0.15) is 5.52 Å². The number of sulfonamides is 1. The Bertz CT molecular complexity index is 1210. The van der Waals surface area contributed by atoms with Crippen molar-refractivity contribution >= 4 is 65.8 Å². The highest BCUT2D eigenvalue weighted by molar-refractivity contribution is 7.89. The topological polar surface area (TPSA) is 79.4 Å². The molecule has 1 N–H and O–H groups in total. The van der Waals surface area contributed by atoms with E-state index in [0.717, 1.165) is 24.0 Å². The smallest absolute Gasteiger partial charge is 0.257 e. The van der Waals surface area contributed by atoms with Crippen molar-refractivity contribution in [2.24, 2.45) is 0 Å². The first-order valence-electron chi connectivity index (χ1n) is 9.45. The molecule has 0 spiro atoms. The lowest BCUT2D eigenvalue weighted by Crippen LogP contribution is -2.41. The fraction of sp³-hybridized carbons (Fsp3) is 0.300. The number of nitrogens with one attached hydrogen (secondary N) is 1. The molecule has 3 aromatic rings. The van der Waals surface area contributed by atoms with Crippen LogP contribution in [0.25, 0.3) is 10.2 Å². The zero-order chi connectivity index (χ0) is 21.5. The maximum Gasteiger partial charge on any atom is 0.257 e. The van der Waals surface area contributed by atoms with Crippen molar-refractivity contribution in [2.75, 3.05) is 11.9 Å². The molecule has 0 saturated carbocycles. The number of nitrogens with zero attached hydrogens (tertiary/aromatic N) is 2. The van der Waals surface area contributed by atoms with Gasteiger partial charge < -0.3 is 0 Å². The highest BCUT2D eigenvalue weighted by Crippen LogP contribution is 2.35. The van der Waals surface area contributed by atoms with E-state index in [2.05, 4.69) is 10.3 Å². The van der Waals surface area contributed by atoms with Gasteiger partial charge in [-0.25, -0.2) is 13.4 Å². The summed E-state index contributed by atoms with van der Waals surface area (Å²) in [6.45, 7) is 2.45. The average molecular weight is 484 g/mol. The number of thiazole rings is 1.